The highest BCUT2D eigenvalue weighted by Gasteiger charge is 2.42. The van der Waals surface area contributed by atoms with Crippen molar-refractivity contribution in [1.82, 2.24) is 10.2 Å². The van der Waals surface area contributed by atoms with Gasteiger partial charge in [0.2, 0.25) is 17.6 Å². The Hall–Kier alpha value is -3.83. The Kier molecular flexibility index (Phi) is 6.78. The molecule has 0 aromatic heterocycles. The number of ether oxygens (including phenoxy) is 1. The molecule has 2 aliphatic heterocycles. The van der Waals surface area contributed by atoms with Crippen molar-refractivity contribution in [1.29, 1.82) is 0 Å². The van der Waals surface area contributed by atoms with E-state index >= 15 is 0 Å². The molecule has 12 heteroatoms. The van der Waals surface area contributed by atoms with Crippen LogP contribution in [0.2, 0.25) is 0 Å². The molecule has 1 N–H and O–H groups in total. The number of rotatable bonds is 7. The van der Waals surface area contributed by atoms with Crippen LogP contribution < -0.4 is 10.1 Å². The van der Waals surface area contributed by atoms with Gasteiger partial charge in [-0.1, -0.05) is 12.1 Å². The molecule has 1 fully saturated rings. The van der Waals surface area contributed by atoms with Crippen LogP contribution in [0, 0.1) is 6.92 Å². The monoisotopic (exact) mass is 524 g/mol. The second-order valence-electron chi connectivity index (χ2n) is 8.91. The molecule has 2 heterocycles. The number of ketones is 1. The quantitative estimate of drug-likeness (QED) is 0.438. The molecule has 2 aliphatic rings. The predicted molar refractivity (Wildman–Crippen MR) is 118 cm³/mol. The van der Waals surface area contributed by atoms with E-state index in [-0.39, 0.29) is 37.3 Å². The van der Waals surface area contributed by atoms with Crippen LogP contribution in [0.4, 0.5) is 22.0 Å². The molecule has 2 aromatic rings. The number of halogens is 5. The highest BCUT2D eigenvalue weighted by molar-refractivity contribution is 6.05. The van der Waals surface area contributed by atoms with Crippen molar-refractivity contribution in [3.8, 4) is 5.75 Å². The summed E-state index contributed by atoms with van der Waals surface area (Å²) < 4.78 is 70.5. The van der Waals surface area contributed by atoms with Gasteiger partial charge in [0.1, 0.15) is 11.8 Å². The van der Waals surface area contributed by atoms with Crippen molar-refractivity contribution in [2.24, 2.45) is 0 Å². The van der Waals surface area contributed by atoms with E-state index in [9.17, 15) is 41.1 Å². The van der Waals surface area contributed by atoms with Gasteiger partial charge in [-0.2, -0.15) is 8.78 Å². The number of hydrogen-bond donors (Lipinski definition) is 1. The SMILES string of the molecule is Cc1cc(OC(F)(F)F)ccc1C(F)(F)C(=O)CCc1ccc2c(c1)CN(C1CCC(=O)NC1=O)C2=O. The van der Waals surface area contributed by atoms with Gasteiger partial charge in [-0.15, -0.1) is 13.2 Å². The summed E-state index contributed by atoms with van der Waals surface area (Å²) in [7, 11) is 0. The number of carbonyl (C=O) groups is 4. The highest BCUT2D eigenvalue weighted by Crippen LogP contribution is 2.36. The fourth-order valence-corrected chi connectivity index (χ4v) is 4.53. The van der Waals surface area contributed by atoms with E-state index in [0.717, 1.165) is 25.1 Å². The third-order valence-electron chi connectivity index (χ3n) is 6.35. The van der Waals surface area contributed by atoms with E-state index in [0.29, 0.717) is 16.7 Å². The third kappa shape index (κ3) is 5.47. The number of aryl methyl sites for hydroxylation is 2. The summed E-state index contributed by atoms with van der Waals surface area (Å²) in [5, 5.41) is 2.20. The summed E-state index contributed by atoms with van der Waals surface area (Å²) in [4.78, 5) is 50.1. The molecule has 4 rings (SSSR count). The van der Waals surface area contributed by atoms with Gasteiger partial charge in [-0.05, 0) is 60.7 Å². The largest absolute Gasteiger partial charge is 0.573 e. The number of carbonyl (C=O) groups excluding carboxylic acids is 4. The topological polar surface area (TPSA) is 92.8 Å². The summed E-state index contributed by atoms with van der Waals surface area (Å²) in [6.07, 6.45) is -5.30. The number of hydrogen-bond acceptors (Lipinski definition) is 5. The average Bonchev–Trinajstić information content (AvgIpc) is 3.11. The molecule has 7 nitrogen and oxygen atoms in total. The second-order valence-corrected chi connectivity index (χ2v) is 8.91. The number of benzene rings is 2. The average molecular weight is 524 g/mol. The van der Waals surface area contributed by atoms with Crippen LogP contribution in [-0.2, 0) is 33.3 Å². The maximum absolute atomic E-state index is 14.8. The number of alkyl halides is 5. The molecule has 1 atom stereocenters. The van der Waals surface area contributed by atoms with Gasteiger partial charge in [-0.3, -0.25) is 24.5 Å². The Morgan fingerprint density at radius 3 is 2.46 bits per heavy atom. The van der Waals surface area contributed by atoms with Crippen molar-refractivity contribution < 1.29 is 45.9 Å². The maximum atomic E-state index is 14.8. The third-order valence-corrected chi connectivity index (χ3v) is 6.35. The molecule has 2 aromatic carbocycles. The van der Waals surface area contributed by atoms with Crippen LogP contribution >= 0.6 is 0 Å². The highest BCUT2D eigenvalue weighted by atomic mass is 19.4. The fourth-order valence-electron chi connectivity index (χ4n) is 4.53. The summed E-state index contributed by atoms with van der Waals surface area (Å²) in [5.74, 6) is -7.37. The Labute approximate surface area is 207 Å². The zero-order valence-corrected chi connectivity index (χ0v) is 19.5. The zero-order chi connectivity index (χ0) is 27.1. The normalized spacial score (nSPS) is 18.1. The fraction of sp³-hybridized carbons (Fsp3) is 0.360. The van der Waals surface area contributed by atoms with E-state index < -0.39 is 53.7 Å². The van der Waals surface area contributed by atoms with Gasteiger partial charge >= 0.3 is 12.3 Å². The lowest BCUT2D eigenvalue weighted by Gasteiger charge is -2.29. The van der Waals surface area contributed by atoms with E-state index in [1.165, 1.54) is 17.0 Å². The van der Waals surface area contributed by atoms with Gasteiger partial charge < -0.3 is 9.64 Å². The minimum Gasteiger partial charge on any atom is -0.406 e. The maximum Gasteiger partial charge on any atom is 0.573 e. The van der Waals surface area contributed by atoms with E-state index in [1.54, 1.807) is 6.07 Å². The number of piperidine rings is 1. The van der Waals surface area contributed by atoms with E-state index in [2.05, 4.69) is 10.1 Å². The van der Waals surface area contributed by atoms with Crippen LogP contribution in [0.1, 0.15) is 51.9 Å². The summed E-state index contributed by atoms with van der Waals surface area (Å²) in [6.45, 7) is 1.26. The lowest BCUT2D eigenvalue weighted by atomic mass is 9.95. The van der Waals surface area contributed by atoms with Crippen LogP contribution in [0.3, 0.4) is 0 Å². The molecule has 0 spiro atoms. The van der Waals surface area contributed by atoms with Gasteiger partial charge in [-0.25, -0.2) is 0 Å². The zero-order valence-electron chi connectivity index (χ0n) is 19.5. The van der Waals surface area contributed by atoms with Crippen LogP contribution in [-0.4, -0.2) is 40.8 Å². The number of nitrogens with one attached hydrogen (secondary N) is 1. The first-order valence-electron chi connectivity index (χ1n) is 11.3. The molecular formula is C25H21F5N2O5. The van der Waals surface area contributed by atoms with Crippen LogP contribution in [0.5, 0.6) is 5.75 Å². The molecule has 0 aliphatic carbocycles. The van der Waals surface area contributed by atoms with Crippen molar-refractivity contribution in [3.05, 3.63) is 64.2 Å². The molecule has 0 saturated carbocycles. The first kappa shape index (κ1) is 26.2. The molecule has 0 bridgehead atoms. The van der Waals surface area contributed by atoms with Crippen molar-refractivity contribution in [2.75, 3.05) is 0 Å². The molecule has 1 saturated heterocycles. The second kappa shape index (κ2) is 9.56. The first-order chi connectivity index (χ1) is 17.3. The number of imide groups is 1. The van der Waals surface area contributed by atoms with Crippen LogP contribution in [0.25, 0.3) is 0 Å². The minimum atomic E-state index is -4.98. The summed E-state index contributed by atoms with van der Waals surface area (Å²) in [5.41, 5.74) is 0.493. The van der Waals surface area contributed by atoms with Crippen molar-refractivity contribution in [2.45, 2.75) is 57.5 Å². The van der Waals surface area contributed by atoms with Gasteiger partial charge in [0.25, 0.3) is 5.91 Å². The number of nitrogens with zero attached hydrogens (tertiary/aromatic N) is 1. The molecule has 37 heavy (non-hydrogen) atoms. The minimum absolute atomic E-state index is 0.0668. The predicted octanol–water partition coefficient (Wildman–Crippen LogP) is 3.95. The Balaban J connectivity index is 1.42. The smallest absolute Gasteiger partial charge is 0.406 e. The number of fused-ring (bicyclic) bond motifs is 1. The van der Waals surface area contributed by atoms with Crippen LogP contribution in [0.15, 0.2) is 36.4 Å². The lowest BCUT2D eigenvalue weighted by molar-refractivity contribution is -0.274. The molecule has 1 unspecified atom stereocenters. The van der Waals surface area contributed by atoms with E-state index in [1.807, 2.05) is 0 Å². The number of Topliss-reactive ketones (excluding diaryl/α,β-unsaturated/α-hetero) is 1. The van der Waals surface area contributed by atoms with Gasteiger partial charge in [0.15, 0.2) is 0 Å². The van der Waals surface area contributed by atoms with Crippen molar-refractivity contribution in [3.63, 3.8) is 0 Å². The van der Waals surface area contributed by atoms with Crippen molar-refractivity contribution >= 4 is 23.5 Å². The first-order valence-corrected chi connectivity index (χ1v) is 11.3. The van der Waals surface area contributed by atoms with Gasteiger partial charge in [0, 0.05) is 30.5 Å². The number of amides is 3. The Morgan fingerprint density at radius 1 is 1.08 bits per heavy atom. The summed E-state index contributed by atoms with van der Waals surface area (Å²) in [6, 6.07) is 6.10. The van der Waals surface area contributed by atoms with E-state index in [4.69, 9.17) is 0 Å². The molecule has 196 valence electrons. The lowest BCUT2D eigenvalue weighted by Crippen LogP contribution is -2.52. The standard InChI is InChI=1S/C25H21F5N2O5/c1-13-10-16(37-25(28,29)30)4-6-18(13)24(26,27)20(33)8-3-14-2-5-17-15(11-14)12-32(23(17)36)19-7-9-21(34)31-22(19)35/h2,4-6,10-11,19H,3,7-9,12H2,1H3,(H,31,34,35). The molecule has 0 radical (unpaired) electrons. The molecular weight excluding hydrogens is 503 g/mol. The Bertz CT molecular complexity index is 1290. The molecule has 3 amide bonds. The summed E-state index contributed by atoms with van der Waals surface area (Å²) >= 11 is 0. The Morgan fingerprint density at radius 2 is 1.81 bits per heavy atom. The van der Waals surface area contributed by atoms with Gasteiger partial charge in [0.05, 0.1) is 0 Å².